The van der Waals surface area contributed by atoms with Gasteiger partial charge in [0.05, 0.1) is 5.69 Å². The number of Topliss-reactive ketones (excluding diaryl/α,β-unsaturated/α-hetero) is 1. The number of isocyanates is 1. The lowest BCUT2D eigenvalue weighted by molar-refractivity contribution is -0.116. The van der Waals surface area contributed by atoms with Gasteiger partial charge in [0.1, 0.15) is 5.60 Å². The number of hydrogen-bond acceptors (Lipinski definition) is 5. The zero-order valence-corrected chi connectivity index (χ0v) is 15.4. The molecule has 6 heteroatoms. The monoisotopic (exact) mass is 366 g/mol. The average Bonchev–Trinajstić information content (AvgIpc) is 2.66. The van der Waals surface area contributed by atoms with Crippen molar-refractivity contribution >= 4 is 29.1 Å². The summed E-state index contributed by atoms with van der Waals surface area (Å²) in [5.41, 5.74) is 0.612. The van der Waals surface area contributed by atoms with Gasteiger partial charge in [-0.2, -0.15) is 4.99 Å². The van der Waals surface area contributed by atoms with Crippen molar-refractivity contribution < 1.29 is 19.1 Å². The molecule has 0 spiro atoms. The minimum absolute atomic E-state index is 0.0971. The summed E-state index contributed by atoms with van der Waals surface area (Å²) in [7, 11) is 0. The number of rotatable bonds is 9. The molecule has 0 bridgehead atoms. The van der Waals surface area contributed by atoms with E-state index in [2.05, 4.69) is 10.3 Å². The Morgan fingerprint density at radius 2 is 1.85 bits per heavy atom. The Labute approximate surface area is 158 Å². The molecule has 2 aromatic carbocycles. The van der Waals surface area contributed by atoms with Crippen molar-refractivity contribution in [2.45, 2.75) is 32.3 Å². The Hall–Kier alpha value is -3.08. The fourth-order valence-corrected chi connectivity index (χ4v) is 2.49. The molecule has 0 fully saturated rings. The largest absolute Gasteiger partial charge is 0.367 e. The lowest BCUT2D eigenvalue weighted by Gasteiger charge is -2.24. The van der Waals surface area contributed by atoms with Crippen LogP contribution in [0.4, 0.5) is 11.4 Å². The van der Waals surface area contributed by atoms with Gasteiger partial charge in [0, 0.05) is 24.3 Å². The third-order valence-corrected chi connectivity index (χ3v) is 3.90. The number of ketones is 1. The zero-order valence-electron chi connectivity index (χ0n) is 15.4. The number of anilines is 1. The second-order valence-corrected chi connectivity index (χ2v) is 6.46. The number of ether oxygens (including phenoxy) is 1. The molecule has 2 aromatic rings. The van der Waals surface area contributed by atoms with E-state index in [4.69, 9.17) is 4.74 Å². The molecule has 0 saturated carbocycles. The van der Waals surface area contributed by atoms with Crippen molar-refractivity contribution in [2.24, 2.45) is 4.99 Å². The molecular formula is C21H22N2O4. The highest BCUT2D eigenvalue weighted by atomic mass is 16.5. The lowest BCUT2D eigenvalue weighted by atomic mass is 9.96. The molecule has 0 radical (unpaired) electrons. The van der Waals surface area contributed by atoms with Gasteiger partial charge in [-0.15, -0.1) is 0 Å². The topological polar surface area (TPSA) is 84.8 Å². The summed E-state index contributed by atoms with van der Waals surface area (Å²) >= 11 is 0. The van der Waals surface area contributed by atoms with Crippen LogP contribution in [0.2, 0.25) is 0 Å². The summed E-state index contributed by atoms with van der Waals surface area (Å²) in [6.07, 6.45) is 2.18. The lowest BCUT2D eigenvalue weighted by Crippen LogP contribution is -2.35. The number of hydrogen-bond donors (Lipinski definition) is 1. The number of nitrogens with zero attached hydrogens (tertiary/aromatic N) is 1. The van der Waals surface area contributed by atoms with E-state index in [-0.39, 0.29) is 24.7 Å². The quantitative estimate of drug-likeness (QED) is 0.314. The number of amides is 1. The summed E-state index contributed by atoms with van der Waals surface area (Å²) in [6, 6.07) is 15.6. The molecule has 0 heterocycles. The second kappa shape index (κ2) is 9.57. The van der Waals surface area contributed by atoms with Crippen LogP contribution in [0.5, 0.6) is 0 Å². The van der Waals surface area contributed by atoms with E-state index in [1.807, 2.05) is 18.2 Å². The van der Waals surface area contributed by atoms with Crippen molar-refractivity contribution in [1.82, 2.24) is 0 Å². The predicted octanol–water partition coefficient (Wildman–Crippen LogP) is 4.05. The van der Waals surface area contributed by atoms with Crippen molar-refractivity contribution in [3.8, 4) is 0 Å². The van der Waals surface area contributed by atoms with E-state index in [9.17, 15) is 14.4 Å². The minimum Gasteiger partial charge on any atom is -0.367 e. The van der Waals surface area contributed by atoms with Crippen LogP contribution >= 0.6 is 0 Å². The molecule has 27 heavy (non-hydrogen) atoms. The number of benzene rings is 2. The van der Waals surface area contributed by atoms with Crippen molar-refractivity contribution in [3.63, 3.8) is 0 Å². The zero-order chi connectivity index (χ0) is 19.7. The maximum Gasteiger partial charge on any atom is 0.240 e. The molecule has 0 aliphatic carbocycles. The normalized spacial score (nSPS) is 10.7. The van der Waals surface area contributed by atoms with Crippen LogP contribution in [0.25, 0.3) is 0 Å². The van der Waals surface area contributed by atoms with Crippen LogP contribution in [-0.2, 0) is 14.3 Å². The fourth-order valence-electron chi connectivity index (χ4n) is 2.49. The summed E-state index contributed by atoms with van der Waals surface area (Å²) in [5.74, 6) is -0.280. The minimum atomic E-state index is -0.959. The van der Waals surface area contributed by atoms with Gasteiger partial charge in [0.25, 0.3) is 0 Å². The number of aliphatic imine (C=N–C) groups is 1. The molecule has 0 saturated heterocycles. The molecule has 1 N–H and O–H groups in total. The van der Waals surface area contributed by atoms with Crippen LogP contribution in [0.1, 0.15) is 37.0 Å². The van der Waals surface area contributed by atoms with Crippen molar-refractivity contribution in [1.29, 1.82) is 0 Å². The SMILES string of the molecule is CC(C)(OCCCC(=O)Nc1cccc(N=C=O)c1)C(=O)c1ccccc1. The molecule has 140 valence electrons. The third-order valence-electron chi connectivity index (χ3n) is 3.90. The van der Waals surface area contributed by atoms with Gasteiger partial charge in [-0.3, -0.25) is 9.59 Å². The average molecular weight is 366 g/mol. The molecule has 0 aliphatic heterocycles. The van der Waals surface area contributed by atoms with Crippen LogP contribution in [0, 0.1) is 0 Å². The van der Waals surface area contributed by atoms with Crippen molar-refractivity contribution in [3.05, 3.63) is 60.2 Å². The highest BCUT2D eigenvalue weighted by molar-refractivity contribution is 6.01. The Bertz CT molecular complexity index is 840. The molecule has 6 nitrogen and oxygen atoms in total. The highest BCUT2D eigenvalue weighted by Crippen LogP contribution is 2.19. The van der Waals surface area contributed by atoms with Gasteiger partial charge < -0.3 is 10.1 Å². The van der Waals surface area contributed by atoms with E-state index in [1.54, 1.807) is 50.2 Å². The van der Waals surface area contributed by atoms with Gasteiger partial charge in [-0.25, -0.2) is 4.79 Å². The van der Waals surface area contributed by atoms with Crippen LogP contribution in [-0.4, -0.2) is 30.0 Å². The Balaban J connectivity index is 1.78. The summed E-state index contributed by atoms with van der Waals surface area (Å²) in [6.45, 7) is 3.73. The van der Waals surface area contributed by atoms with E-state index in [0.717, 1.165) is 0 Å². The Kier molecular flexibility index (Phi) is 7.17. The molecular weight excluding hydrogens is 344 g/mol. The van der Waals surface area contributed by atoms with E-state index < -0.39 is 5.60 Å². The van der Waals surface area contributed by atoms with Gasteiger partial charge >= 0.3 is 0 Å². The first-order chi connectivity index (χ1) is 12.9. The number of nitrogens with one attached hydrogen (secondary N) is 1. The molecule has 0 aromatic heterocycles. The molecule has 2 rings (SSSR count). The van der Waals surface area contributed by atoms with Crippen molar-refractivity contribution in [2.75, 3.05) is 11.9 Å². The summed E-state index contributed by atoms with van der Waals surface area (Å²) in [4.78, 5) is 38.3. The van der Waals surface area contributed by atoms with Crippen LogP contribution in [0.3, 0.4) is 0 Å². The first kappa shape index (κ1) is 20.2. The number of carbonyl (C=O) groups is 2. The maximum atomic E-state index is 12.5. The first-order valence-corrected chi connectivity index (χ1v) is 8.64. The standard InChI is InChI=1S/C21H22N2O4/c1-21(2,20(26)16-8-4-3-5-9-16)27-13-7-12-19(25)23-18-11-6-10-17(14-18)22-15-24/h3-6,8-11,14H,7,12-13H2,1-2H3,(H,23,25). The maximum absolute atomic E-state index is 12.5. The highest BCUT2D eigenvalue weighted by Gasteiger charge is 2.29. The smallest absolute Gasteiger partial charge is 0.240 e. The summed E-state index contributed by atoms with van der Waals surface area (Å²) in [5, 5.41) is 2.74. The van der Waals surface area contributed by atoms with Crippen LogP contribution < -0.4 is 5.32 Å². The molecule has 0 atom stereocenters. The second-order valence-electron chi connectivity index (χ2n) is 6.46. The number of carbonyl (C=O) groups excluding carboxylic acids is 3. The van der Waals surface area contributed by atoms with Gasteiger partial charge in [-0.1, -0.05) is 36.4 Å². The van der Waals surface area contributed by atoms with E-state index >= 15 is 0 Å². The van der Waals surface area contributed by atoms with E-state index in [1.165, 1.54) is 6.08 Å². The molecule has 1 amide bonds. The summed E-state index contributed by atoms with van der Waals surface area (Å²) < 4.78 is 5.71. The van der Waals surface area contributed by atoms with Gasteiger partial charge in [0.15, 0.2) is 5.78 Å². The van der Waals surface area contributed by atoms with Gasteiger partial charge in [-0.05, 0) is 38.5 Å². The molecule has 0 aliphatic rings. The predicted molar refractivity (Wildman–Crippen MR) is 103 cm³/mol. The van der Waals surface area contributed by atoms with E-state index in [0.29, 0.717) is 23.4 Å². The van der Waals surface area contributed by atoms with Crippen LogP contribution in [0.15, 0.2) is 59.6 Å². The molecule has 0 unspecified atom stereocenters. The first-order valence-electron chi connectivity index (χ1n) is 8.64. The Morgan fingerprint density at radius 3 is 2.56 bits per heavy atom. The van der Waals surface area contributed by atoms with Gasteiger partial charge in [0.2, 0.25) is 12.0 Å². The Morgan fingerprint density at radius 1 is 1.11 bits per heavy atom. The fraction of sp³-hybridized carbons (Fsp3) is 0.286. The third kappa shape index (κ3) is 6.29.